The van der Waals surface area contributed by atoms with E-state index in [1.807, 2.05) is 12.2 Å². The van der Waals surface area contributed by atoms with Gasteiger partial charge in [-0.15, -0.1) is 0 Å². The Morgan fingerprint density at radius 2 is 2.11 bits per heavy atom. The zero-order valence-corrected chi connectivity index (χ0v) is 5.62. The van der Waals surface area contributed by atoms with Crippen LogP contribution in [0.25, 0.3) is 0 Å². The van der Waals surface area contributed by atoms with Crippen molar-refractivity contribution in [2.45, 2.75) is 13.3 Å². The summed E-state index contributed by atoms with van der Waals surface area (Å²) in [5.74, 6) is 4.84. The molecule has 0 saturated heterocycles. The van der Waals surface area contributed by atoms with Crippen molar-refractivity contribution in [2.24, 2.45) is 10.9 Å². The van der Waals surface area contributed by atoms with Gasteiger partial charge in [-0.3, -0.25) is 0 Å². The highest BCUT2D eigenvalue weighted by atomic mass is 15.1. The lowest BCUT2D eigenvalue weighted by Crippen LogP contribution is -1.76. The van der Waals surface area contributed by atoms with E-state index >= 15 is 0 Å². The molecule has 0 unspecified atom stereocenters. The first kappa shape index (κ1) is 7.95. The number of nitrogens with two attached hydrogens (primary N) is 1. The minimum Gasteiger partial charge on any atom is -0.323 e. The fraction of sp³-hybridized carbons (Fsp3) is 0.286. The Kier molecular flexibility index (Phi) is 6.14. The van der Waals surface area contributed by atoms with Crippen molar-refractivity contribution in [1.82, 2.24) is 0 Å². The summed E-state index contributed by atoms with van der Waals surface area (Å²) in [4.78, 5) is 0. The molecule has 2 nitrogen and oxygen atoms in total. The lowest BCUT2D eigenvalue weighted by atomic mass is 10.4. The minimum absolute atomic E-state index is 1.06. The molecular weight excluding hydrogens is 112 g/mol. The Hall–Kier alpha value is -1.05. The molecule has 0 aromatic rings. The van der Waals surface area contributed by atoms with Gasteiger partial charge in [-0.1, -0.05) is 25.2 Å². The van der Waals surface area contributed by atoms with Gasteiger partial charge in [0.15, 0.2) is 0 Å². The van der Waals surface area contributed by atoms with Crippen molar-refractivity contribution in [3.63, 3.8) is 0 Å². The maximum Gasteiger partial charge on any atom is 0.0465 e. The van der Waals surface area contributed by atoms with Crippen LogP contribution in [-0.4, -0.2) is 6.21 Å². The van der Waals surface area contributed by atoms with Crippen LogP contribution < -0.4 is 5.84 Å². The van der Waals surface area contributed by atoms with Crippen molar-refractivity contribution in [2.75, 3.05) is 0 Å². The van der Waals surface area contributed by atoms with Crippen LogP contribution in [0.1, 0.15) is 13.3 Å². The van der Waals surface area contributed by atoms with E-state index in [1.165, 1.54) is 0 Å². The molecule has 0 aliphatic heterocycles. The molecular formula is C7H12N2. The summed E-state index contributed by atoms with van der Waals surface area (Å²) < 4.78 is 0. The molecule has 9 heavy (non-hydrogen) atoms. The number of hydrazone groups is 1. The molecule has 0 fully saturated rings. The molecule has 0 radical (unpaired) electrons. The van der Waals surface area contributed by atoms with Gasteiger partial charge in [0.25, 0.3) is 0 Å². The van der Waals surface area contributed by atoms with E-state index in [-0.39, 0.29) is 0 Å². The van der Waals surface area contributed by atoms with Gasteiger partial charge < -0.3 is 5.84 Å². The topological polar surface area (TPSA) is 38.4 Å². The molecule has 0 spiro atoms. The standard InChI is InChI=1S/C7H12N2/c1-2-3-4-5-6-7-9-8/h3-7H,2,8H2,1H3/b4-3+,6-5-,9-7-. The average Bonchev–Trinajstić information content (AvgIpc) is 1.89. The lowest BCUT2D eigenvalue weighted by molar-refractivity contribution is 1.22. The Labute approximate surface area is 55.8 Å². The van der Waals surface area contributed by atoms with E-state index in [0.29, 0.717) is 0 Å². The average molecular weight is 124 g/mol. The lowest BCUT2D eigenvalue weighted by Gasteiger charge is -1.72. The Morgan fingerprint density at radius 1 is 1.33 bits per heavy atom. The van der Waals surface area contributed by atoms with Gasteiger partial charge in [0, 0.05) is 6.21 Å². The highest BCUT2D eigenvalue weighted by molar-refractivity contribution is 5.70. The van der Waals surface area contributed by atoms with Gasteiger partial charge in [0.05, 0.1) is 0 Å². The summed E-state index contributed by atoms with van der Waals surface area (Å²) in [6.07, 6.45) is 10.3. The van der Waals surface area contributed by atoms with Crippen molar-refractivity contribution < 1.29 is 0 Å². The van der Waals surface area contributed by atoms with Crippen molar-refractivity contribution in [3.8, 4) is 0 Å². The van der Waals surface area contributed by atoms with Crippen LogP contribution in [0.2, 0.25) is 0 Å². The predicted octanol–water partition coefficient (Wildman–Crippen LogP) is 1.45. The van der Waals surface area contributed by atoms with E-state index in [1.54, 1.807) is 12.3 Å². The molecule has 0 heterocycles. The molecule has 50 valence electrons. The van der Waals surface area contributed by atoms with E-state index in [2.05, 4.69) is 18.1 Å². The van der Waals surface area contributed by atoms with Crippen LogP contribution in [0.15, 0.2) is 29.4 Å². The molecule has 0 rings (SSSR count). The van der Waals surface area contributed by atoms with E-state index in [9.17, 15) is 0 Å². The largest absolute Gasteiger partial charge is 0.323 e. The second-order valence-corrected chi connectivity index (χ2v) is 1.52. The van der Waals surface area contributed by atoms with Gasteiger partial charge in [-0.2, -0.15) is 5.10 Å². The number of rotatable bonds is 3. The summed E-state index contributed by atoms with van der Waals surface area (Å²) in [6, 6.07) is 0. The maximum absolute atomic E-state index is 4.84. The van der Waals surface area contributed by atoms with E-state index in [4.69, 9.17) is 5.84 Å². The third kappa shape index (κ3) is 6.95. The van der Waals surface area contributed by atoms with Crippen LogP contribution in [0, 0.1) is 0 Å². The predicted molar refractivity (Wildman–Crippen MR) is 41.3 cm³/mol. The Morgan fingerprint density at radius 3 is 2.67 bits per heavy atom. The normalized spacial score (nSPS) is 12.6. The summed E-state index contributed by atoms with van der Waals surface area (Å²) in [5.41, 5.74) is 0. The van der Waals surface area contributed by atoms with Crippen LogP contribution in [0.4, 0.5) is 0 Å². The number of hydrogen-bond acceptors (Lipinski definition) is 2. The van der Waals surface area contributed by atoms with Crippen LogP contribution in [0.3, 0.4) is 0 Å². The van der Waals surface area contributed by atoms with Crippen molar-refractivity contribution >= 4 is 6.21 Å². The first-order valence-corrected chi connectivity index (χ1v) is 2.97. The molecule has 0 aromatic carbocycles. The molecule has 0 aliphatic carbocycles. The van der Waals surface area contributed by atoms with Crippen molar-refractivity contribution in [3.05, 3.63) is 24.3 Å². The second kappa shape index (κ2) is 6.95. The number of allylic oxidation sites excluding steroid dienone is 4. The molecule has 0 amide bonds. The molecule has 0 atom stereocenters. The summed E-state index contributed by atoms with van der Waals surface area (Å²) in [7, 11) is 0. The smallest absolute Gasteiger partial charge is 0.0465 e. The highest BCUT2D eigenvalue weighted by Gasteiger charge is 1.61. The van der Waals surface area contributed by atoms with Gasteiger partial charge in [0.2, 0.25) is 0 Å². The fourth-order valence-corrected chi connectivity index (χ4v) is 0.378. The Balaban J connectivity index is 3.35. The summed E-state index contributed by atoms with van der Waals surface area (Å²) >= 11 is 0. The maximum atomic E-state index is 4.84. The van der Waals surface area contributed by atoms with Crippen LogP contribution in [-0.2, 0) is 0 Å². The third-order valence-electron chi connectivity index (χ3n) is 0.766. The molecule has 2 heteroatoms. The van der Waals surface area contributed by atoms with Gasteiger partial charge in [-0.25, -0.2) is 0 Å². The monoisotopic (exact) mass is 124 g/mol. The van der Waals surface area contributed by atoms with Gasteiger partial charge >= 0.3 is 0 Å². The quantitative estimate of drug-likeness (QED) is 0.263. The van der Waals surface area contributed by atoms with Gasteiger partial charge in [0.1, 0.15) is 0 Å². The highest BCUT2D eigenvalue weighted by Crippen LogP contribution is 1.79. The van der Waals surface area contributed by atoms with Crippen molar-refractivity contribution in [1.29, 1.82) is 0 Å². The molecule has 0 aromatic heterocycles. The minimum atomic E-state index is 1.06. The second-order valence-electron chi connectivity index (χ2n) is 1.52. The van der Waals surface area contributed by atoms with Gasteiger partial charge in [-0.05, 0) is 12.5 Å². The first-order valence-electron chi connectivity index (χ1n) is 2.97. The summed E-state index contributed by atoms with van der Waals surface area (Å²) in [5, 5.41) is 3.29. The number of hydrogen-bond donors (Lipinski definition) is 1. The molecule has 2 N–H and O–H groups in total. The van der Waals surface area contributed by atoms with Crippen LogP contribution in [0.5, 0.6) is 0 Å². The SMILES string of the molecule is CC/C=C/C=C\C=N/N. The zero-order chi connectivity index (χ0) is 6.95. The molecule has 0 bridgehead atoms. The molecule has 0 aliphatic rings. The first-order chi connectivity index (χ1) is 4.41. The van der Waals surface area contributed by atoms with E-state index in [0.717, 1.165) is 6.42 Å². The van der Waals surface area contributed by atoms with Crippen LogP contribution >= 0.6 is 0 Å². The zero-order valence-electron chi connectivity index (χ0n) is 5.62. The third-order valence-corrected chi connectivity index (χ3v) is 0.766. The molecule has 0 saturated carbocycles. The fourth-order valence-electron chi connectivity index (χ4n) is 0.378. The summed E-state index contributed by atoms with van der Waals surface area (Å²) in [6.45, 7) is 2.08. The van der Waals surface area contributed by atoms with E-state index < -0.39 is 0 Å². The number of nitrogens with zero attached hydrogens (tertiary/aromatic N) is 1. The Bertz CT molecular complexity index is 123.